The maximum atomic E-state index is 12.8. The molecule has 2 aromatic heterocycles. The lowest BCUT2D eigenvalue weighted by molar-refractivity contribution is 0.0178. The lowest BCUT2D eigenvalue weighted by Crippen LogP contribution is -2.42. The van der Waals surface area contributed by atoms with E-state index in [2.05, 4.69) is 38.7 Å². The molecule has 3 aliphatic heterocycles. The van der Waals surface area contributed by atoms with E-state index in [4.69, 9.17) is 26.1 Å². The molecule has 0 N–H and O–H groups in total. The van der Waals surface area contributed by atoms with Gasteiger partial charge in [-0.3, -0.25) is 9.88 Å². The number of carbonyl (C=O) groups excluding carboxylic acids is 1. The summed E-state index contributed by atoms with van der Waals surface area (Å²) in [5, 5.41) is 0.722. The average Bonchev–Trinajstić information content (AvgIpc) is 3.36. The van der Waals surface area contributed by atoms with E-state index in [9.17, 15) is 4.79 Å². The largest absolute Gasteiger partial charge is 0.444 e. The van der Waals surface area contributed by atoms with Crippen LogP contribution in [0.2, 0.25) is 5.02 Å². The molecular formula is C34H40ClN5O3. The molecule has 43 heavy (non-hydrogen) atoms. The molecule has 226 valence electrons. The molecule has 1 aliphatic carbocycles. The van der Waals surface area contributed by atoms with Crippen LogP contribution in [0.3, 0.4) is 0 Å². The second-order valence-corrected chi connectivity index (χ2v) is 13.8. The molecule has 8 nitrogen and oxygen atoms in total. The fourth-order valence-corrected chi connectivity index (χ4v) is 7.50. The number of nitrogens with zero attached hydrogens (tertiary/aromatic N) is 5. The fourth-order valence-electron chi connectivity index (χ4n) is 7.32. The molecular weight excluding hydrogens is 562 g/mol. The number of amides is 1. The van der Waals surface area contributed by atoms with Crippen LogP contribution in [0.15, 0.2) is 55.2 Å². The first-order valence-corrected chi connectivity index (χ1v) is 15.9. The third-order valence-corrected chi connectivity index (χ3v) is 9.54. The minimum Gasteiger partial charge on any atom is -0.444 e. The van der Waals surface area contributed by atoms with Gasteiger partial charge in [-0.2, -0.15) is 0 Å². The van der Waals surface area contributed by atoms with Crippen molar-refractivity contribution >= 4 is 29.3 Å². The maximum absolute atomic E-state index is 12.8. The molecule has 9 heteroatoms. The van der Waals surface area contributed by atoms with Crippen molar-refractivity contribution in [2.45, 2.75) is 82.9 Å². The quantitative estimate of drug-likeness (QED) is 0.313. The molecule has 5 heterocycles. The first-order valence-electron chi connectivity index (χ1n) is 15.6. The van der Waals surface area contributed by atoms with Gasteiger partial charge in [-0.05, 0) is 93.3 Å². The minimum absolute atomic E-state index is 0.0223. The number of ether oxygens (including phenoxy) is 2. The van der Waals surface area contributed by atoms with Gasteiger partial charge in [0, 0.05) is 67.3 Å². The summed E-state index contributed by atoms with van der Waals surface area (Å²) in [6, 6.07) is 10.9. The number of epoxide rings is 1. The number of piperidine rings is 1. The highest BCUT2D eigenvalue weighted by atomic mass is 35.5. The SMILES string of the molecule is CC(C)(C)OC(=O)N1CCC(C2c3ccc(Cl)cc3C=C(C3OC3N3CCC[C@@H]3Cn3ccnc3)c3cccnc32)CC1. The zero-order valence-corrected chi connectivity index (χ0v) is 25.9. The number of fused-ring (bicyclic) bond motifs is 2. The van der Waals surface area contributed by atoms with Gasteiger partial charge >= 0.3 is 6.09 Å². The van der Waals surface area contributed by atoms with Crippen LogP contribution in [0.1, 0.15) is 74.8 Å². The van der Waals surface area contributed by atoms with Gasteiger partial charge in [-0.25, -0.2) is 9.78 Å². The van der Waals surface area contributed by atoms with Crippen molar-refractivity contribution in [1.29, 1.82) is 0 Å². The minimum atomic E-state index is -0.504. The van der Waals surface area contributed by atoms with Crippen molar-refractivity contribution in [2.24, 2.45) is 5.92 Å². The molecule has 1 amide bonds. The molecule has 0 radical (unpaired) electrons. The van der Waals surface area contributed by atoms with Gasteiger partial charge in [0.15, 0.2) is 0 Å². The number of carbonyl (C=O) groups is 1. The third kappa shape index (κ3) is 5.85. The Labute approximate surface area is 258 Å². The number of halogens is 1. The van der Waals surface area contributed by atoms with Crippen molar-refractivity contribution in [3.05, 3.63) is 82.7 Å². The lowest BCUT2D eigenvalue weighted by atomic mass is 9.76. The number of imidazole rings is 1. The monoisotopic (exact) mass is 601 g/mol. The van der Waals surface area contributed by atoms with E-state index in [1.807, 2.05) is 62.7 Å². The summed E-state index contributed by atoms with van der Waals surface area (Å²) < 4.78 is 14.4. The molecule has 4 aliphatic rings. The Morgan fingerprint density at radius 1 is 1.12 bits per heavy atom. The summed E-state index contributed by atoms with van der Waals surface area (Å²) in [6.45, 7) is 9.04. The van der Waals surface area contributed by atoms with Crippen molar-refractivity contribution in [3.8, 4) is 0 Å². The summed E-state index contributed by atoms with van der Waals surface area (Å²) in [7, 11) is 0. The first kappa shape index (κ1) is 28.6. The summed E-state index contributed by atoms with van der Waals surface area (Å²) >= 11 is 6.59. The van der Waals surface area contributed by atoms with Crippen LogP contribution in [-0.4, -0.2) is 74.0 Å². The number of hydrogen-bond donors (Lipinski definition) is 0. The molecule has 0 saturated carbocycles. The van der Waals surface area contributed by atoms with Crippen molar-refractivity contribution in [2.75, 3.05) is 19.6 Å². The smallest absolute Gasteiger partial charge is 0.410 e. The van der Waals surface area contributed by atoms with Crippen LogP contribution in [0.25, 0.3) is 11.6 Å². The van der Waals surface area contributed by atoms with E-state index in [1.54, 1.807) is 0 Å². The summed E-state index contributed by atoms with van der Waals surface area (Å²) in [5.74, 6) is 0.421. The molecule has 3 fully saturated rings. The molecule has 3 saturated heterocycles. The van der Waals surface area contributed by atoms with Crippen molar-refractivity contribution in [1.82, 2.24) is 24.3 Å². The molecule has 4 atom stereocenters. The van der Waals surface area contributed by atoms with E-state index in [1.165, 1.54) is 17.6 Å². The predicted molar refractivity (Wildman–Crippen MR) is 167 cm³/mol. The Morgan fingerprint density at radius 2 is 1.95 bits per heavy atom. The highest BCUT2D eigenvalue weighted by molar-refractivity contribution is 6.30. The Morgan fingerprint density at radius 3 is 2.72 bits per heavy atom. The topological polar surface area (TPSA) is 76.0 Å². The maximum Gasteiger partial charge on any atom is 0.410 e. The highest BCUT2D eigenvalue weighted by Gasteiger charge is 2.51. The Bertz CT molecular complexity index is 1510. The van der Waals surface area contributed by atoms with Crippen LogP contribution in [0, 0.1) is 5.92 Å². The highest BCUT2D eigenvalue weighted by Crippen LogP contribution is 2.49. The second kappa shape index (κ2) is 11.4. The van der Waals surface area contributed by atoms with Gasteiger partial charge in [-0.1, -0.05) is 23.7 Å². The van der Waals surface area contributed by atoms with Gasteiger partial charge in [0.25, 0.3) is 0 Å². The normalized spacial score (nSPS) is 26.0. The second-order valence-electron chi connectivity index (χ2n) is 13.3. The van der Waals surface area contributed by atoms with Gasteiger partial charge in [-0.15, -0.1) is 0 Å². The third-order valence-electron chi connectivity index (χ3n) is 9.31. The van der Waals surface area contributed by atoms with Gasteiger partial charge in [0.1, 0.15) is 17.9 Å². The zero-order valence-electron chi connectivity index (χ0n) is 25.2. The molecule has 3 unspecified atom stereocenters. The Hall–Kier alpha value is -3.20. The zero-order chi connectivity index (χ0) is 29.7. The van der Waals surface area contributed by atoms with E-state index >= 15 is 0 Å². The van der Waals surface area contributed by atoms with Crippen LogP contribution >= 0.6 is 11.6 Å². The van der Waals surface area contributed by atoms with Crippen molar-refractivity contribution < 1.29 is 14.3 Å². The van der Waals surface area contributed by atoms with Crippen LogP contribution in [0.5, 0.6) is 0 Å². The first-order chi connectivity index (χ1) is 20.7. The molecule has 1 aromatic carbocycles. The van der Waals surface area contributed by atoms with Gasteiger partial charge < -0.3 is 18.9 Å². The number of hydrogen-bond acceptors (Lipinski definition) is 6. The molecule has 0 bridgehead atoms. The number of benzene rings is 1. The number of aromatic nitrogens is 3. The Kier molecular flexibility index (Phi) is 7.56. The van der Waals surface area contributed by atoms with Gasteiger partial charge in [0.2, 0.25) is 0 Å². The van der Waals surface area contributed by atoms with Crippen LogP contribution < -0.4 is 0 Å². The summed E-state index contributed by atoms with van der Waals surface area (Å²) in [4.78, 5) is 26.5. The molecule has 0 spiro atoms. The Balaban J connectivity index is 1.17. The van der Waals surface area contributed by atoms with Gasteiger partial charge in [0.05, 0.1) is 12.0 Å². The van der Waals surface area contributed by atoms with Crippen molar-refractivity contribution in [3.63, 3.8) is 0 Å². The number of pyridine rings is 1. The number of rotatable bonds is 5. The van der Waals surface area contributed by atoms with E-state index < -0.39 is 5.60 Å². The lowest BCUT2D eigenvalue weighted by Gasteiger charge is -2.37. The van der Waals surface area contributed by atoms with E-state index in [0.29, 0.717) is 25.0 Å². The van der Waals surface area contributed by atoms with E-state index in [-0.39, 0.29) is 24.3 Å². The predicted octanol–water partition coefficient (Wildman–Crippen LogP) is 6.45. The number of likely N-dealkylation sites (tertiary alicyclic amines) is 2. The molecule has 3 aromatic rings. The molecule has 7 rings (SSSR count). The van der Waals surface area contributed by atoms with Crippen LogP contribution in [-0.2, 0) is 16.0 Å². The summed E-state index contributed by atoms with van der Waals surface area (Å²) in [6.07, 6.45) is 13.9. The van der Waals surface area contributed by atoms with E-state index in [0.717, 1.165) is 54.2 Å². The average molecular weight is 602 g/mol. The fraction of sp³-hybridized carbons (Fsp3) is 0.500. The van der Waals surface area contributed by atoms with Crippen LogP contribution in [0.4, 0.5) is 4.79 Å². The summed E-state index contributed by atoms with van der Waals surface area (Å²) in [5.41, 5.74) is 5.30. The standard InChI is InChI=1S/C34H40ClN5O3/c1-34(2,3)43-33(41)39-15-10-22(11-16-39)29-26-9-8-24(35)18-23(26)19-28(27-7-4-12-37-30(27)29)31-32(42-31)40-14-5-6-25(40)20-38-17-13-36-21-38/h4,7-9,12-13,17-19,21-22,25,29,31-32H,5-6,10-11,14-16,20H2,1-3H3/t25-,29?,31?,32?/m1/s1.